The highest BCUT2D eigenvalue weighted by Crippen LogP contribution is 2.33. The van der Waals surface area contributed by atoms with Gasteiger partial charge < -0.3 is 11.1 Å². The molecule has 0 atom stereocenters. The Labute approximate surface area is 147 Å². The van der Waals surface area contributed by atoms with Crippen molar-refractivity contribution in [2.24, 2.45) is 5.92 Å². The maximum atomic E-state index is 12.7. The topological polar surface area (TPSA) is 68.0 Å². The monoisotopic (exact) mass is 345 g/mol. The van der Waals surface area contributed by atoms with Crippen LogP contribution in [0.2, 0.25) is 0 Å². The van der Waals surface area contributed by atoms with Crippen molar-refractivity contribution in [1.82, 2.24) is 10.3 Å². The molecule has 1 saturated carbocycles. The predicted octanol–water partition coefficient (Wildman–Crippen LogP) is 4.53. The molecular weight excluding hydrogens is 318 g/mol. The van der Waals surface area contributed by atoms with Crippen LogP contribution in [0.15, 0.2) is 12.1 Å². The van der Waals surface area contributed by atoms with Crippen LogP contribution in [-0.2, 0) is 6.42 Å². The first-order valence-electron chi connectivity index (χ1n) is 9.03. The van der Waals surface area contributed by atoms with Gasteiger partial charge in [0.25, 0.3) is 5.91 Å². The molecule has 0 unspecified atom stereocenters. The fourth-order valence-corrected chi connectivity index (χ4v) is 4.43. The van der Waals surface area contributed by atoms with E-state index in [4.69, 9.17) is 10.7 Å². The van der Waals surface area contributed by atoms with Gasteiger partial charge >= 0.3 is 0 Å². The van der Waals surface area contributed by atoms with E-state index in [1.54, 1.807) is 0 Å². The third kappa shape index (κ3) is 3.89. The number of nitrogen functional groups attached to an aromatic ring is 1. The zero-order valence-corrected chi connectivity index (χ0v) is 15.4. The molecule has 4 nitrogen and oxygen atoms in total. The second-order valence-electron chi connectivity index (χ2n) is 7.26. The molecule has 1 fully saturated rings. The molecule has 0 radical (unpaired) electrons. The first kappa shape index (κ1) is 17.2. The van der Waals surface area contributed by atoms with Gasteiger partial charge in [0.15, 0.2) is 0 Å². The molecular formula is C19H27N3OS. The lowest BCUT2D eigenvalue weighted by Gasteiger charge is -2.15. The van der Waals surface area contributed by atoms with Crippen molar-refractivity contribution in [3.8, 4) is 0 Å². The lowest BCUT2D eigenvalue weighted by Crippen LogP contribution is -2.34. The molecule has 2 aromatic rings. The fraction of sp³-hybridized carbons (Fsp3) is 0.579. The summed E-state index contributed by atoms with van der Waals surface area (Å²) in [5.41, 5.74) is 7.87. The van der Waals surface area contributed by atoms with Gasteiger partial charge in [0.2, 0.25) is 0 Å². The van der Waals surface area contributed by atoms with Crippen molar-refractivity contribution in [2.45, 2.75) is 64.8 Å². The minimum atomic E-state index is -0.0344. The van der Waals surface area contributed by atoms with Crippen molar-refractivity contribution in [3.63, 3.8) is 0 Å². The summed E-state index contributed by atoms with van der Waals surface area (Å²) in [5.74, 6) is 0.526. The van der Waals surface area contributed by atoms with Gasteiger partial charge in [-0.2, -0.15) is 0 Å². The zero-order valence-electron chi connectivity index (χ0n) is 14.6. The number of amides is 1. The number of aromatic nitrogens is 1. The Morgan fingerprint density at radius 1 is 1.29 bits per heavy atom. The summed E-state index contributed by atoms with van der Waals surface area (Å²) >= 11 is 1.42. The third-order valence-corrected chi connectivity index (χ3v) is 5.78. The molecule has 3 rings (SSSR count). The lowest BCUT2D eigenvalue weighted by molar-refractivity contribution is 0.0938. The van der Waals surface area contributed by atoms with Crippen LogP contribution in [0.3, 0.4) is 0 Å². The van der Waals surface area contributed by atoms with Gasteiger partial charge in [-0.05, 0) is 37.3 Å². The van der Waals surface area contributed by atoms with Crippen LogP contribution in [0.1, 0.15) is 67.7 Å². The van der Waals surface area contributed by atoms with Crippen molar-refractivity contribution in [1.29, 1.82) is 0 Å². The molecule has 24 heavy (non-hydrogen) atoms. The standard InChI is InChI=1S/C19H27N3OS/c1-12(2)11-14-9-10-15-16(20)17(24-19(15)22-14)18(23)21-13-7-5-3-4-6-8-13/h9-10,12-13H,3-8,11,20H2,1-2H3,(H,21,23). The van der Waals surface area contributed by atoms with E-state index in [0.29, 0.717) is 16.5 Å². The van der Waals surface area contributed by atoms with E-state index in [9.17, 15) is 4.79 Å². The summed E-state index contributed by atoms with van der Waals surface area (Å²) in [6.07, 6.45) is 8.05. The Bertz CT molecular complexity index is 715. The van der Waals surface area contributed by atoms with Crippen LogP contribution in [0.25, 0.3) is 10.2 Å². The summed E-state index contributed by atoms with van der Waals surface area (Å²) in [6.45, 7) is 4.36. The van der Waals surface area contributed by atoms with Gasteiger partial charge in [-0.25, -0.2) is 4.98 Å². The van der Waals surface area contributed by atoms with E-state index < -0.39 is 0 Å². The number of nitrogens with zero attached hydrogens (tertiary/aromatic N) is 1. The molecule has 2 heterocycles. The molecule has 0 bridgehead atoms. The van der Waals surface area contributed by atoms with Crippen LogP contribution in [0.4, 0.5) is 5.69 Å². The van der Waals surface area contributed by atoms with Gasteiger partial charge in [0, 0.05) is 17.1 Å². The number of nitrogens with two attached hydrogens (primary N) is 1. The molecule has 0 aliphatic heterocycles. The number of carbonyl (C=O) groups is 1. The summed E-state index contributed by atoms with van der Waals surface area (Å²) in [6, 6.07) is 4.32. The van der Waals surface area contributed by atoms with E-state index >= 15 is 0 Å². The largest absolute Gasteiger partial charge is 0.397 e. The third-order valence-electron chi connectivity index (χ3n) is 4.67. The minimum Gasteiger partial charge on any atom is -0.397 e. The van der Waals surface area contributed by atoms with E-state index in [0.717, 1.165) is 35.2 Å². The van der Waals surface area contributed by atoms with E-state index in [1.165, 1.54) is 37.0 Å². The highest BCUT2D eigenvalue weighted by atomic mass is 32.1. The first-order chi connectivity index (χ1) is 11.5. The second kappa shape index (κ2) is 7.51. The Hall–Kier alpha value is -1.62. The molecule has 3 N–H and O–H groups in total. The molecule has 1 aliphatic carbocycles. The quantitative estimate of drug-likeness (QED) is 0.800. The zero-order chi connectivity index (χ0) is 17.1. The minimum absolute atomic E-state index is 0.0344. The highest BCUT2D eigenvalue weighted by Gasteiger charge is 2.21. The highest BCUT2D eigenvalue weighted by molar-refractivity contribution is 7.21. The summed E-state index contributed by atoms with van der Waals surface area (Å²) in [5, 5.41) is 4.09. The molecule has 0 aromatic carbocycles. The van der Waals surface area contributed by atoms with Crippen LogP contribution < -0.4 is 11.1 Å². The number of nitrogens with one attached hydrogen (secondary N) is 1. The van der Waals surface area contributed by atoms with Crippen molar-refractivity contribution >= 4 is 33.1 Å². The van der Waals surface area contributed by atoms with Crippen molar-refractivity contribution in [3.05, 3.63) is 22.7 Å². The average molecular weight is 346 g/mol. The number of pyridine rings is 1. The number of anilines is 1. The Morgan fingerprint density at radius 2 is 2.00 bits per heavy atom. The van der Waals surface area contributed by atoms with Crippen LogP contribution >= 0.6 is 11.3 Å². The number of thiophene rings is 1. The number of carbonyl (C=O) groups excluding carboxylic acids is 1. The summed E-state index contributed by atoms with van der Waals surface area (Å²) in [7, 11) is 0. The van der Waals surface area contributed by atoms with Gasteiger partial charge in [0.1, 0.15) is 9.71 Å². The smallest absolute Gasteiger partial charge is 0.263 e. The fourth-order valence-electron chi connectivity index (χ4n) is 3.41. The SMILES string of the molecule is CC(C)Cc1ccc2c(N)c(C(=O)NC3CCCCCC3)sc2n1. The normalized spacial score (nSPS) is 16.5. The van der Waals surface area contributed by atoms with Crippen molar-refractivity contribution < 1.29 is 4.79 Å². The van der Waals surface area contributed by atoms with E-state index in [-0.39, 0.29) is 11.9 Å². The summed E-state index contributed by atoms with van der Waals surface area (Å²) in [4.78, 5) is 18.9. The maximum absolute atomic E-state index is 12.7. The van der Waals surface area contributed by atoms with Crippen LogP contribution in [-0.4, -0.2) is 16.9 Å². The number of rotatable bonds is 4. The van der Waals surface area contributed by atoms with Crippen molar-refractivity contribution in [2.75, 3.05) is 5.73 Å². The molecule has 1 amide bonds. The molecule has 2 aromatic heterocycles. The average Bonchev–Trinajstić information content (AvgIpc) is 2.71. The number of hydrogen-bond acceptors (Lipinski definition) is 4. The molecule has 1 aliphatic rings. The molecule has 0 saturated heterocycles. The number of fused-ring (bicyclic) bond motifs is 1. The molecule has 0 spiro atoms. The molecule has 130 valence electrons. The van der Waals surface area contributed by atoms with Gasteiger partial charge in [-0.15, -0.1) is 11.3 Å². The van der Waals surface area contributed by atoms with Crippen LogP contribution in [0, 0.1) is 5.92 Å². The van der Waals surface area contributed by atoms with E-state index in [1.807, 2.05) is 12.1 Å². The Morgan fingerprint density at radius 3 is 2.67 bits per heavy atom. The van der Waals surface area contributed by atoms with Crippen LogP contribution in [0.5, 0.6) is 0 Å². The van der Waals surface area contributed by atoms with Gasteiger partial charge in [-0.3, -0.25) is 4.79 Å². The summed E-state index contributed by atoms with van der Waals surface area (Å²) < 4.78 is 0. The lowest BCUT2D eigenvalue weighted by atomic mass is 10.1. The van der Waals surface area contributed by atoms with Gasteiger partial charge in [0.05, 0.1) is 5.69 Å². The second-order valence-corrected chi connectivity index (χ2v) is 8.26. The number of hydrogen-bond donors (Lipinski definition) is 2. The Balaban J connectivity index is 1.80. The predicted molar refractivity (Wildman–Crippen MR) is 102 cm³/mol. The first-order valence-corrected chi connectivity index (χ1v) is 9.85. The maximum Gasteiger partial charge on any atom is 0.263 e. The van der Waals surface area contributed by atoms with Gasteiger partial charge in [-0.1, -0.05) is 39.5 Å². The Kier molecular flexibility index (Phi) is 5.39. The van der Waals surface area contributed by atoms with E-state index in [2.05, 4.69) is 19.2 Å². The molecule has 5 heteroatoms.